The second-order valence-corrected chi connectivity index (χ2v) is 4.85. The summed E-state index contributed by atoms with van der Waals surface area (Å²) in [5.41, 5.74) is 0. The first-order valence-corrected chi connectivity index (χ1v) is 6.14. The molecule has 1 aliphatic heterocycles. The van der Waals surface area contributed by atoms with Gasteiger partial charge in [-0.15, -0.1) is 0 Å². The van der Waals surface area contributed by atoms with Gasteiger partial charge in [0.2, 0.25) is 0 Å². The van der Waals surface area contributed by atoms with Gasteiger partial charge in [0.25, 0.3) is 0 Å². The zero-order chi connectivity index (χ0) is 11.5. The average Bonchev–Trinajstić information content (AvgIpc) is 2.77. The minimum absolute atomic E-state index is 0.154. The Kier molecular flexibility index (Phi) is 3.66. The van der Waals surface area contributed by atoms with Crippen molar-refractivity contribution in [2.45, 2.75) is 31.8 Å². The van der Waals surface area contributed by atoms with Crippen LogP contribution in [0.4, 0.5) is 0 Å². The number of furan rings is 1. The maximum absolute atomic E-state index is 10.7. The van der Waals surface area contributed by atoms with Gasteiger partial charge in [0, 0.05) is 6.04 Å². The van der Waals surface area contributed by atoms with Crippen LogP contribution in [0.2, 0.25) is 0 Å². The molecule has 2 rings (SSSR count). The van der Waals surface area contributed by atoms with Crippen LogP contribution in [0.5, 0.6) is 0 Å². The molecule has 1 N–H and O–H groups in total. The van der Waals surface area contributed by atoms with Crippen LogP contribution in [0.15, 0.2) is 21.2 Å². The summed E-state index contributed by atoms with van der Waals surface area (Å²) in [4.78, 5) is 12.9. The molecule has 0 amide bonds. The van der Waals surface area contributed by atoms with E-state index < -0.39 is 5.97 Å². The number of aliphatic carboxylic acids is 1. The van der Waals surface area contributed by atoms with Gasteiger partial charge < -0.3 is 9.52 Å². The Hall–Kier alpha value is -0.810. The van der Waals surface area contributed by atoms with E-state index in [0.29, 0.717) is 6.54 Å². The van der Waals surface area contributed by atoms with Crippen LogP contribution in [-0.2, 0) is 11.3 Å². The van der Waals surface area contributed by atoms with E-state index in [0.717, 1.165) is 29.8 Å². The number of rotatable bonds is 4. The van der Waals surface area contributed by atoms with Crippen molar-refractivity contribution < 1.29 is 14.3 Å². The molecule has 0 bridgehead atoms. The lowest BCUT2D eigenvalue weighted by molar-refractivity contribution is -0.138. The molecule has 88 valence electrons. The predicted molar refractivity (Wildman–Crippen MR) is 62.1 cm³/mol. The number of hydrogen-bond acceptors (Lipinski definition) is 3. The van der Waals surface area contributed by atoms with Crippen LogP contribution >= 0.6 is 15.9 Å². The molecule has 16 heavy (non-hydrogen) atoms. The maximum Gasteiger partial charge on any atom is 0.304 e. The highest BCUT2D eigenvalue weighted by molar-refractivity contribution is 9.10. The van der Waals surface area contributed by atoms with Gasteiger partial charge in [-0.05, 0) is 47.4 Å². The summed E-state index contributed by atoms with van der Waals surface area (Å²) < 4.78 is 6.15. The van der Waals surface area contributed by atoms with Crippen molar-refractivity contribution in [3.05, 3.63) is 22.6 Å². The Bertz CT molecular complexity index is 377. The molecule has 1 aromatic rings. The smallest absolute Gasteiger partial charge is 0.304 e. The van der Waals surface area contributed by atoms with E-state index in [1.165, 1.54) is 0 Å². The molecule has 0 radical (unpaired) electrons. The molecule has 1 atom stereocenters. The summed E-state index contributed by atoms with van der Waals surface area (Å²) in [6.45, 7) is 1.65. The Morgan fingerprint density at radius 2 is 2.44 bits per heavy atom. The number of likely N-dealkylation sites (tertiary alicyclic amines) is 1. The summed E-state index contributed by atoms with van der Waals surface area (Å²) >= 11 is 3.26. The van der Waals surface area contributed by atoms with Gasteiger partial charge >= 0.3 is 5.97 Å². The second kappa shape index (κ2) is 5.01. The van der Waals surface area contributed by atoms with E-state index in [9.17, 15) is 4.79 Å². The standard InChI is InChI=1S/C11H14BrNO3/c12-10-4-3-9(16-10)7-13-5-1-2-8(13)6-11(14)15/h3-4,8H,1-2,5-7H2,(H,14,15). The van der Waals surface area contributed by atoms with Gasteiger partial charge in [0.05, 0.1) is 13.0 Å². The first kappa shape index (κ1) is 11.7. The Morgan fingerprint density at radius 1 is 1.62 bits per heavy atom. The number of nitrogens with zero attached hydrogens (tertiary/aromatic N) is 1. The average molecular weight is 288 g/mol. The SMILES string of the molecule is O=C(O)CC1CCCN1Cc1ccc(Br)o1. The largest absolute Gasteiger partial charge is 0.481 e. The number of carboxylic acids is 1. The van der Waals surface area contributed by atoms with Crippen molar-refractivity contribution >= 4 is 21.9 Å². The van der Waals surface area contributed by atoms with Crippen molar-refractivity contribution in [3.8, 4) is 0 Å². The van der Waals surface area contributed by atoms with Crippen molar-refractivity contribution in [2.75, 3.05) is 6.54 Å². The Morgan fingerprint density at radius 3 is 3.06 bits per heavy atom. The first-order chi connectivity index (χ1) is 7.65. The number of halogens is 1. The van der Waals surface area contributed by atoms with E-state index in [2.05, 4.69) is 20.8 Å². The van der Waals surface area contributed by atoms with Crippen molar-refractivity contribution in [1.29, 1.82) is 0 Å². The number of carbonyl (C=O) groups is 1. The predicted octanol–water partition coefficient (Wildman–Crippen LogP) is 2.48. The minimum atomic E-state index is -0.725. The quantitative estimate of drug-likeness (QED) is 0.924. The minimum Gasteiger partial charge on any atom is -0.481 e. The van der Waals surface area contributed by atoms with Gasteiger partial charge in [-0.2, -0.15) is 0 Å². The molecule has 1 unspecified atom stereocenters. The highest BCUT2D eigenvalue weighted by Gasteiger charge is 2.27. The normalized spacial score (nSPS) is 21.4. The lowest BCUT2D eigenvalue weighted by Gasteiger charge is -2.21. The third kappa shape index (κ3) is 2.86. The van der Waals surface area contributed by atoms with E-state index in [1.54, 1.807) is 0 Å². The Labute approximate surface area is 102 Å². The van der Waals surface area contributed by atoms with Crippen molar-refractivity contribution in [3.63, 3.8) is 0 Å². The van der Waals surface area contributed by atoms with Gasteiger partial charge in [-0.1, -0.05) is 0 Å². The Balaban J connectivity index is 1.95. The summed E-state index contributed by atoms with van der Waals surface area (Å²) in [7, 11) is 0. The van der Waals surface area contributed by atoms with Crippen LogP contribution in [0.1, 0.15) is 25.0 Å². The molecule has 1 fully saturated rings. The molecule has 0 saturated carbocycles. The lowest BCUT2D eigenvalue weighted by atomic mass is 10.1. The van der Waals surface area contributed by atoms with Crippen LogP contribution < -0.4 is 0 Å². The van der Waals surface area contributed by atoms with E-state index in [4.69, 9.17) is 9.52 Å². The fraction of sp³-hybridized carbons (Fsp3) is 0.545. The van der Waals surface area contributed by atoms with E-state index >= 15 is 0 Å². The summed E-state index contributed by atoms with van der Waals surface area (Å²) in [5.74, 6) is 0.154. The lowest BCUT2D eigenvalue weighted by Crippen LogP contribution is -2.30. The summed E-state index contributed by atoms with van der Waals surface area (Å²) in [6.07, 6.45) is 2.26. The molecule has 2 heterocycles. The third-order valence-electron chi connectivity index (χ3n) is 2.90. The van der Waals surface area contributed by atoms with E-state index in [-0.39, 0.29) is 12.5 Å². The van der Waals surface area contributed by atoms with Crippen molar-refractivity contribution in [1.82, 2.24) is 4.90 Å². The molecular formula is C11H14BrNO3. The van der Waals surface area contributed by atoms with Gasteiger partial charge in [0.1, 0.15) is 5.76 Å². The topological polar surface area (TPSA) is 53.7 Å². The van der Waals surface area contributed by atoms with Crippen LogP contribution in [0.25, 0.3) is 0 Å². The van der Waals surface area contributed by atoms with Gasteiger partial charge in [-0.25, -0.2) is 0 Å². The number of carboxylic acid groups (broad SMARTS) is 1. The van der Waals surface area contributed by atoms with Crippen molar-refractivity contribution in [2.24, 2.45) is 0 Å². The molecule has 1 aromatic heterocycles. The highest BCUT2D eigenvalue weighted by atomic mass is 79.9. The van der Waals surface area contributed by atoms with Gasteiger partial charge in [-0.3, -0.25) is 9.69 Å². The fourth-order valence-corrected chi connectivity index (χ4v) is 2.51. The molecule has 1 saturated heterocycles. The first-order valence-electron chi connectivity index (χ1n) is 5.35. The number of hydrogen-bond donors (Lipinski definition) is 1. The molecule has 5 heteroatoms. The second-order valence-electron chi connectivity index (χ2n) is 4.07. The molecule has 4 nitrogen and oxygen atoms in total. The van der Waals surface area contributed by atoms with Gasteiger partial charge in [0.15, 0.2) is 4.67 Å². The van der Waals surface area contributed by atoms with E-state index in [1.807, 2.05) is 12.1 Å². The van der Waals surface area contributed by atoms with Crippen LogP contribution in [-0.4, -0.2) is 28.6 Å². The molecular weight excluding hydrogens is 274 g/mol. The molecule has 1 aliphatic rings. The zero-order valence-electron chi connectivity index (χ0n) is 8.86. The van der Waals surface area contributed by atoms with Crippen LogP contribution in [0, 0.1) is 0 Å². The highest BCUT2D eigenvalue weighted by Crippen LogP contribution is 2.24. The molecule has 0 aliphatic carbocycles. The van der Waals surface area contributed by atoms with Crippen LogP contribution in [0.3, 0.4) is 0 Å². The monoisotopic (exact) mass is 287 g/mol. The maximum atomic E-state index is 10.7. The summed E-state index contributed by atoms with van der Waals surface area (Å²) in [5, 5.41) is 8.80. The molecule has 0 spiro atoms. The fourth-order valence-electron chi connectivity index (χ4n) is 2.17. The third-order valence-corrected chi connectivity index (χ3v) is 3.32. The summed E-state index contributed by atoms with van der Waals surface area (Å²) in [6, 6.07) is 3.93. The molecule has 0 aromatic carbocycles. The zero-order valence-corrected chi connectivity index (χ0v) is 10.4.